The van der Waals surface area contributed by atoms with Crippen molar-refractivity contribution < 1.29 is 19.2 Å². The van der Waals surface area contributed by atoms with Gasteiger partial charge in [0.25, 0.3) is 5.91 Å². The van der Waals surface area contributed by atoms with E-state index in [1.165, 1.54) is 13.1 Å². The molecular formula is C13H15ClN4O4. The molecule has 3 amide bonds. The molecule has 1 aromatic carbocycles. The van der Waals surface area contributed by atoms with Crippen LogP contribution in [0.1, 0.15) is 25.0 Å². The second kappa shape index (κ2) is 6.44. The van der Waals surface area contributed by atoms with Crippen LogP contribution < -0.4 is 11.2 Å². The minimum atomic E-state index is -1.30. The monoisotopic (exact) mass is 326 g/mol. The van der Waals surface area contributed by atoms with Crippen LogP contribution in [0.25, 0.3) is 0 Å². The van der Waals surface area contributed by atoms with E-state index in [4.69, 9.17) is 5.84 Å². The number of urea groups is 1. The topological polar surface area (TPSA) is 114 Å². The average molecular weight is 327 g/mol. The summed E-state index contributed by atoms with van der Waals surface area (Å²) in [5.41, 5.74) is -0.00610. The van der Waals surface area contributed by atoms with Crippen molar-refractivity contribution in [2.75, 3.05) is 0 Å². The van der Waals surface area contributed by atoms with E-state index in [2.05, 4.69) is 15.3 Å². The molecule has 1 aliphatic rings. The van der Waals surface area contributed by atoms with Crippen molar-refractivity contribution in [1.29, 1.82) is 0 Å². The highest BCUT2D eigenvalue weighted by molar-refractivity contribution is 6.06. The number of halogens is 1. The molecule has 0 spiro atoms. The highest BCUT2D eigenvalue weighted by atomic mass is 35.5. The lowest BCUT2D eigenvalue weighted by molar-refractivity contribution is -0.182. The molecule has 0 radical (unpaired) electrons. The molecule has 3 N–H and O–H groups in total. The van der Waals surface area contributed by atoms with Crippen LogP contribution in [0.4, 0.5) is 4.79 Å². The first kappa shape index (κ1) is 17.4. The molecule has 1 atom stereocenters. The van der Waals surface area contributed by atoms with E-state index in [0.717, 1.165) is 12.5 Å². The smallest absolute Gasteiger partial charge is 0.329 e. The van der Waals surface area contributed by atoms with Gasteiger partial charge in [0.05, 0.1) is 6.21 Å². The Morgan fingerprint density at radius 2 is 1.95 bits per heavy atom. The van der Waals surface area contributed by atoms with Crippen LogP contribution >= 0.6 is 12.4 Å². The van der Waals surface area contributed by atoms with Gasteiger partial charge in [0, 0.05) is 6.92 Å². The van der Waals surface area contributed by atoms with E-state index in [9.17, 15) is 14.4 Å². The van der Waals surface area contributed by atoms with Crippen LogP contribution in [0.3, 0.4) is 0 Å². The number of rotatable bonds is 3. The summed E-state index contributed by atoms with van der Waals surface area (Å²) in [6, 6.07) is 5.93. The molecule has 1 fully saturated rings. The normalized spacial score (nSPS) is 20.7. The molecule has 0 unspecified atom stereocenters. The number of imide groups is 1. The fraction of sp³-hybridized carbons (Fsp3) is 0.231. The Morgan fingerprint density at radius 3 is 2.45 bits per heavy atom. The standard InChI is InChI=1S/C13H14N4O4.ClH/c1-8(18)21-17-11(19)13(2,16-12(17)20)10-5-3-9(4-6-10)7-15-14;/h3-7H,14H2,1-2H3,(H,16,20);1H/t13-;/m0./s1. The first-order valence-corrected chi connectivity index (χ1v) is 6.07. The number of amides is 3. The van der Waals surface area contributed by atoms with Crippen LogP contribution in [-0.2, 0) is 20.0 Å². The van der Waals surface area contributed by atoms with Gasteiger partial charge in [-0.25, -0.2) is 9.59 Å². The Morgan fingerprint density at radius 1 is 1.36 bits per heavy atom. The van der Waals surface area contributed by atoms with Crippen molar-refractivity contribution >= 4 is 36.5 Å². The number of nitrogens with zero attached hydrogens (tertiary/aromatic N) is 2. The number of hydroxylamine groups is 2. The third-order valence-corrected chi connectivity index (χ3v) is 3.09. The fourth-order valence-electron chi connectivity index (χ4n) is 2.01. The van der Waals surface area contributed by atoms with Crippen LogP contribution in [0.15, 0.2) is 29.4 Å². The Bertz CT molecular complexity index is 631. The van der Waals surface area contributed by atoms with E-state index >= 15 is 0 Å². The Labute approximate surface area is 132 Å². The van der Waals surface area contributed by atoms with Gasteiger partial charge in [0.15, 0.2) is 0 Å². The Balaban J connectivity index is 0.00000242. The van der Waals surface area contributed by atoms with Gasteiger partial charge in [0.1, 0.15) is 5.54 Å². The van der Waals surface area contributed by atoms with E-state index in [-0.39, 0.29) is 12.4 Å². The van der Waals surface area contributed by atoms with Crippen LogP contribution in [-0.4, -0.2) is 29.2 Å². The summed E-state index contributed by atoms with van der Waals surface area (Å²) in [5, 5.41) is 6.33. The zero-order valence-electron chi connectivity index (χ0n) is 11.9. The first-order chi connectivity index (χ1) is 9.88. The van der Waals surface area contributed by atoms with Crippen molar-refractivity contribution in [3.8, 4) is 0 Å². The van der Waals surface area contributed by atoms with Crippen molar-refractivity contribution in [1.82, 2.24) is 10.4 Å². The summed E-state index contributed by atoms with van der Waals surface area (Å²) in [6.45, 7) is 2.64. The number of hydrogen-bond acceptors (Lipinski definition) is 6. The quantitative estimate of drug-likeness (QED) is 0.366. The van der Waals surface area contributed by atoms with Crippen LogP contribution in [0, 0.1) is 0 Å². The van der Waals surface area contributed by atoms with Gasteiger partial charge >= 0.3 is 12.0 Å². The van der Waals surface area contributed by atoms with Gasteiger partial charge in [-0.05, 0) is 18.1 Å². The molecule has 2 rings (SSSR count). The third kappa shape index (κ3) is 3.01. The SMILES string of the molecule is CC(=O)ON1C(=O)N[C@@](C)(c2ccc(C=NN)cc2)C1=O.Cl. The maximum Gasteiger partial charge on any atom is 0.359 e. The number of nitrogens with two attached hydrogens (primary N) is 1. The minimum absolute atomic E-state index is 0. The molecule has 0 aliphatic carbocycles. The molecule has 0 saturated carbocycles. The summed E-state index contributed by atoms with van der Waals surface area (Å²) < 4.78 is 0. The van der Waals surface area contributed by atoms with Crippen molar-refractivity contribution in [2.24, 2.45) is 10.9 Å². The molecule has 118 valence electrons. The highest BCUT2D eigenvalue weighted by Gasteiger charge is 2.51. The summed E-state index contributed by atoms with van der Waals surface area (Å²) in [5.74, 6) is 3.64. The molecule has 9 heteroatoms. The zero-order chi connectivity index (χ0) is 15.6. The number of benzene rings is 1. The van der Waals surface area contributed by atoms with Gasteiger partial charge in [-0.1, -0.05) is 29.3 Å². The predicted molar refractivity (Wildman–Crippen MR) is 80.0 cm³/mol. The molecule has 0 bridgehead atoms. The van der Waals surface area contributed by atoms with Crippen molar-refractivity contribution in [3.05, 3.63) is 35.4 Å². The summed E-state index contributed by atoms with van der Waals surface area (Å²) in [4.78, 5) is 39.6. The highest BCUT2D eigenvalue weighted by Crippen LogP contribution is 2.29. The molecule has 1 heterocycles. The lowest BCUT2D eigenvalue weighted by atomic mass is 9.91. The van der Waals surface area contributed by atoms with E-state index in [1.807, 2.05) is 0 Å². The molecule has 1 aliphatic heterocycles. The number of hydrogen-bond donors (Lipinski definition) is 2. The maximum absolute atomic E-state index is 12.3. The summed E-state index contributed by atoms with van der Waals surface area (Å²) >= 11 is 0. The second-order valence-electron chi connectivity index (χ2n) is 4.64. The average Bonchev–Trinajstić information content (AvgIpc) is 2.64. The number of carbonyl (C=O) groups is 3. The molecule has 1 saturated heterocycles. The van der Waals surface area contributed by atoms with Crippen molar-refractivity contribution in [2.45, 2.75) is 19.4 Å². The van der Waals surface area contributed by atoms with Crippen LogP contribution in [0.5, 0.6) is 0 Å². The lowest BCUT2D eigenvalue weighted by Gasteiger charge is -2.21. The third-order valence-electron chi connectivity index (χ3n) is 3.09. The Kier molecular flexibility index (Phi) is 5.10. The number of nitrogens with one attached hydrogen (secondary N) is 1. The lowest BCUT2D eigenvalue weighted by Crippen LogP contribution is -2.41. The molecule has 22 heavy (non-hydrogen) atoms. The zero-order valence-corrected chi connectivity index (χ0v) is 12.7. The van der Waals surface area contributed by atoms with Crippen LogP contribution in [0.2, 0.25) is 0 Å². The second-order valence-corrected chi connectivity index (χ2v) is 4.64. The molecule has 1 aromatic rings. The fourth-order valence-corrected chi connectivity index (χ4v) is 2.01. The molecule has 0 aromatic heterocycles. The van der Waals surface area contributed by atoms with E-state index in [1.54, 1.807) is 24.3 Å². The van der Waals surface area contributed by atoms with Gasteiger partial charge in [-0.15, -0.1) is 12.4 Å². The number of carbonyl (C=O) groups excluding carboxylic acids is 3. The van der Waals surface area contributed by atoms with Gasteiger partial charge in [-0.3, -0.25) is 4.79 Å². The first-order valence-electron chi connectivity index (χ1n) is 6.07. The summed E-state index contributed by atoms with van der Waals surface area (Å²) in [6.07, 6.45) is 1.45. The largest absolute Gasteiger partial charge is 0.359 e. The van der Waals surface area contributed by atoms with Gasteiger partial charge < -0.3 is 16.0 Å². The molecular weight excluding hydrogens is 312 g/mol. The Hall–Kier alpha value is -2.61. The van der Waals surface area contributed by atoms with E-state index < -0.39 is 23.4 Å². The number of hydrazone groups is 1. The van der Waals surface area contributed by atoms with Gasteiger partial charge in [-0.2, -0.15) is 5.10 Å². The minimum Gasteiger partial charge on any atom is -0.329 e. The predicted octanol–water partition coefficient (Wildman–Crippen LogP) is 0.646. The summed E-state index contributed by atoms with van der Waals surface area (Å²) in [7, 11) is 0. The maximum atomic E-state index is 12.3. The van der Waals surface area contributed by atoms with Gasteiger partial charge in [0.2, 0.25) is 0 Å². The van der Waals surface area contributed by atoms with E-state index in [0.29, 0.717) is 10.6 Å². The molecule has 8 nitrogen and oxygen atoms in total. The van der Waals surface area contributed by atoms with Crippen molar-refractivity contribution in [3.63, 3.8) is 0 Å².